The van der Waals surface area contributed by atoms with Crippen LogP contribution in [0.1, 0.15) is 35.7 Å². The van der Waals surface area contributed by atoms with E-state index in [0.717, 1.165) is 24.9 Å². The highest BCUT2D eigenvalue weighted by atomic mass is 19.1. The lowest BCUT2D eigenvalue weighted by molar-refractivity contribution is -0.117. The molecule has 1 atom stereocenters. The first-order valence-electron chi connectivity index (χ1n) is 10.6. The van der Waals surface area contributed by atoms with Crippen LogP contribution in [0.2, 0.25) is 0 Å². The summed E-state index contributed by atoms with van der Waals surface area (Å²) in [5.74, 6) is -1.21. The van der Waals surface area contributed by atoms with Crippen LogP contribution in [0.15, 0.2) is 53.5 Å². The molecule has 7 nitrogen and oxygen atoms in total. The number of hydrogen-bond donors (Lipinski definition) is 2. The van der Waals surface area contributed by atoms with Crippen molar-refractivity contribution in [1.29, 1.82) is 0 Å². The molecule has 1 aromatic heterocycles. The lowest BCUT2D eigenvalue weighted by Gasteiger charge is -2.15. The van der Waals surface area contributed by atoms with Gasteiger partial charge in [0.25, 0.3) is 0 Å². The van der Waals surface area contributed by atoms with E-state index in [2.05, 4.69) is 10.6 Å². The van der Waals surface area contributed by atoms with Gasteiger partial charge in [-0.15, -0.1) is 0 Å². The molecule has 1 aliphatic rings. The molecule has 8 heteroatoms. The summed E-state index contributed by atoms with van der Waals surface area (Å²) in [6, 6.07) is 10.8. The topological polar surface area (TPSA) is 89.4 Å². The standard InChI is InChI=1S/C24H24FN3O4/c1-2-32-24(31)19-14-28(13-15-5-7-16(25)8-6-15)21-10-9-17(12-18(21)22(19)29)27-23(30)20-4-3-11-26-20/h5-10,12,14,20,26H,2-4,11,13H2,1H3,(H,27,30). The molecule has 0 saturated carbocycles. The average molecular weight is 437 g/mol. The van der Waals surface area contributed by atoms with Crippen molar-refractivity contribution in [3.05, 3.63) is 75.8 Å². The number of halogens is 1. The summed E-state index contributed by atoms with van der Waals surface area (Å²) in [6.07, 6.45) is 3.16. The number of fused-ring (bicyclic) bond motifs is 1. The lowest BCUT2D eigenvalue weighted by atomic mass is 10.1. The number of ether oxygens (including phenoxy) is 1. The van der Waals surface area contributed by atoms with Gasteiger partial charge in [-0.05, 0) is 62.2 Å². The molecule has 1 fully saturated rings. The van der Waals surface area contributed by atoms with Crippen LogP contribution in [-0.4, -0.2) is 35.6 Å². The van der Waals surface area contributed by atoms with Gasteiger partial charge in [-0.1, -0.05) is 12.1 Å². The molecule has 3 aromatic rings. The third-order valence-electron chi connectivity index (χ3n) is 5.49. The molecule has 166 valence electrons. The zero-order valence-corrected chi connectivity index (χ0v) is 17.7. The Morgan fingerprint density at radius 3 is 2.69 bits per heavy atom. The Bertz CT molecular complexity index is 1210. The molecule has 0 spiro atoms. The Kier molecular flexibility index (Phi) is 6.32. The second-order valence-corrected chi connectivity index (χ2v) is 7.72. The molecule has 0 bridgehead atoms. The van der Waals surface area contributed by atoms with Gasteiger partial charge in [0.15, 0.2) is 0 Å². The SMILES string of the molecule is CCOC(=O)c1cn(Cc2ccc(F)cc2)c2ccc(NC(=O)C3CCCN3)cc2c1=O. The molecule has 0 aliphatic carbocycles. The average Bonchev–Trinajstić information content (AvgIpc) is 3.32. The zero-order chi connectivity index (χ0) is 22.7. The molecule has 32 heavy (non-hydrogen) atoms. The number of pyridine rings is 1. The minimum atomic E-state index is -0.711. The van der Waals surface area contributed by atoms with Crippen LogP contribution in [0.4, 0.5) is 10.1 Å². The first-order valence-corrected chi connectivity index (χ1v) is 10.6. The monoisotopic (exact) mass is 437 g/mol. The maximum absolute atomic E-state index is 13.3. The van der Waals surface area contributed by atoms with Crippen LogP contribution in [0.25, 0.3) is 10.9 Å². The summed E-state index contributed by atoms with van der Waals surface area (Å²) in [6.45, 7) is 2.92. The fourth-order valence-corrected chi connectivity index (χ4v) is 3.88. The van der Waals surface area contributed by atoms with Gasteiger partial charge in [0.2, 0.25) is 11.3 Å². The Morgan fingerprint density at radius 2 is 2.00 bits per heavy atom. The fraction of sp³-hybridized carbons (Fsp3) is 0.292. The molecule has 2 N–H and O–H groups in total. The van der Waals surface area contributed by atoms with E-state index >= 15 is 0 Å². The van der Waals surface area contributed by atoms with Crippen molar-refractivity contribution in [1.82, 2.24) is 9.88 Å². The molecule has 0 radical (unpaired) electrons. The van der Waals surface area contributed by atoms with Gasteiger partial charge in [-0.2, -0.15) is 0 Å². The molecular formula is C24H24FN3O4. The number of hydrogen-bond acceptors (Lipinski definition) is 5. The van der Waals surface area contributed by atoms with Crippen molar-refractivity contribution in [2.24, 2.45) is 0 Å². The maximum Gasteiger partial charge on any atom is 0.343 e. The van der Waals surface area contributed by atoms with Crippen molar-refractivity contribution in [3.8, 4) is 0 Å². The van der Waals surface area contributed by atoms with Crippen molar-refractivity contribution in [3.63, 3.8) is 0 Å². The first kappa shape index (κ1) is 21.7. The number of esters is 1. The Balaban J connectivity index is 1.76. The summed E-state index contributed by atoms with van der Waals surface area (Å²) < 4.78 is 20.1. The Hall–Kier alpha value is -3.52. The van der Waals surface area contributed by atoms with E-state index < -0.39 is 11.4 Å². The van der Waals surface area contributed by atoms with Crippen LogP contribution in [0.3, 0.4) is 0 Å². The van der Waals surface area contributed by atoms with E-state index in [1.165, 1.54) is 18.3 Å². The van der Waals surface area contributed by atoms with Crippen LogP contribution < -0.4 is 16.1 Å². The normalized spacial score (nSPS) is 15.6. The van der Waals surface area contributed by atoms with Gasteiger partial charge in [0.05, 0.1) is 18.2 Å². The largest absolute Gasteiger partial charge is 0.462 e. The van der Waals surface area contributed by atoms with E-state index in [9.17, 15) is 18.8 Å². The molecule has 2 aromatic carbocycles. The van der Waals surface area contributed by atoms with Gasteiger partial charge >= 0.3 is 5.97 Å². The van der Waals surface area contributed by atoms with Gasteiger partial charge in [-0.3, -0.25) is 9.59 Å². The predicted octanol–water partition coefficient (Wildman–Crippen LogP) is 3.06. The third-order valence-corrected chi connectivity index (χ3v) is 5.49. The summed E-state index contributed by atoms with van der Waals surface area (Å²) in [5, 5.41) is 6.27. The van der Waals surface area contributed by atoms with Crippen molar-refractivity contribution >= 4 is 28.5 Å². The molecule has 1 saturated heterocycles. The summed E-state index contributed by atoms with van der Waals surface area (Å²) in [7, 11) is 0. The van der Waals surface area contributed by atoms with Gasteiger partial charge in [0.1, 0.15) is 11.4 Å². The number of carbonyl (C=O) groups is 2. The molecule has 1 amide bonds. The highest BCUT2D eigenvalue weighted by molar-refractivity contribution is 5.98. The van der Waals surface area contributed by atoms with Gasteiger partial charge < -0.3 is 19.9 Å². The highest BCUT2D eigenvalue weighted by Crippen LogP contribution is 2.20. The number of carbonyl (C=O) groups excluding carboxylic acids is 2. The zero-order valence-electron chi connectivity index (χ0n) is 17.7. The number of aromatic nitrogens is 1. The minimum Gasteiger partial charge on any atom is -0.462 e. The smallest absolute Gasteiger partial charge is 0.343 e. The Labute approximate surface area is 184 Å². The fourth-order valence-electron chi connectivity index (χ4n) is 3.88. The summed E-state index contributed by atoms with van der Waals surface area (Å²) >= 11 is 0. The van der Waals surface area contributed by atoms with Crippen LogP contribution in [0.5, 0.6) is 0 Å². The number of benzene rings is 2. The van der Waals surface area contributed by atoms with Crippen LogP contribution in [0, 0.1) is 5.82 Å². The molecule has 4 rings (SSSR count). The number of nitrogens with one attached hydrogen (secondary N) is 2. The van der Waals surface area contributed by atoms with E-state index in [1.807, 2.05) is 0 Å². The quantitative estimate of drug-likeness (QED) is 0.579. The second kappa shape index (κ2) is 9.32. The lowest BCUT2D eigenvalue weighted by Crippen LogP contribution is -2.35. The molecule has 1 unspecified atom stereocenters. The van der Waals surface area contributed by atoms with Gasteiger partial charge in [0, 0.05) is 23.8 Å². The van der Waals surface area contributed by atoms with E-state index in [-0.39, 0.29) is 35.3 Å². The number of anilines is 1. The molecule has 2 heterocycles. The number of nitrogens with zero attached hydrogens (tertiary/aromatic N) is 1. The van der Waals surface area contributed by atoms with Crippen molar-refractivity contribution in [2.45, 2.75) is 32.4 Å². The van der Waals surface area contributed by atoms with E-state index in [1.54, 1.807) is 41.8 Å². The summed E-state index contributed by atoms with van der Waals surface area (Å²) in [5.41, 5.74) is 1.30. The number of rotatable bonds is 6. The molecular weight excluding hydrogens is 413 g/mol. The van der Waals surface area contributed by atoms with E-state index in [0.29, 0.717) is 17.7 Å². The molecule has 1 aliphatic heterocycles. The van der Waals surface area contributed by atoms with E-state index in [4.69, 9.17) is 4.74 Å². The Morgan fingerprint density at radius 1 is 1.22 bits per heavy atom. The minimum absolute atomic E-state index is 0.0950. The first-order chi connectivity index (χ1) is 15.5. The third kappa shape index (κ3) is 4.55. The predicted molar refractivity (Wildman–Crippen MR) is 119 cm³/mol. The van der Waals surface area contributed by atoms with Crippen LogP contribution >= 0.6 is 0 Å². The van der Waals surface area contributed by atoms with Crippen LogP contribution in [-0.2, 0) is 16.1 Å². The second-order valence-electron chi connectivity index (χ2n) is 7.72. The van der Waals surface area contributed by atoms with Crippen molar-refractivity contribution < 1.29 is 18.7 Å². The maximum atomic E-state index is 13.3. The van der Waals surface area contributed by atoms with Gasteiger partial charge in [-0.25, -0.2) is 9.18 Å². The highest BCUT2D eigenvalue weighted by Gasteiger charge is 2.22. The van der Waals surface area contributed by atoms with Crippen molar-refractivity contribution in [2.75, 3.05) is 18.5 Å². The number of amides is 1. The summed E-state index contributed by atoms with van der Waals surface area (Å²) in [4.78, 5) is 38.0.